The van der Waals surface area contributed by atoms with Crippen molar-refractivity contribution in [1.29, 1.82) is 0 Å². The first-order chi connectivity index (χ1) is 11.9. The molecule has 1 aliphatic carbocycles. The predicted octanol–water partition coefficient (Wildman–Crippen LogP) is 7.38. The molecule has 0 aliphatic heterocycles. The van der Waals surface area contributed by atoms with Gasteiger partial charge in [-0.05, 0) is 70.9 Å². The number of thiophene rings is 1. The maximum absolute atomic E-state index is 11.4. The van der Waals surface area contributed by atoms with E-state index in [4.69, 9.17) is 4.43 Å². The minimum atomic E-state index is -1.92. The van der Waals surface area contributed by atoms with Gasteiger partial charge in [0.05, 0.1) is 12.2 Å². The minimum absolute atomic E-state index is 0.108. The highest BCUT2D eigenvalue weighted by molar-refractivity contribution is 14.1. The van der Waals surface area contributed by atoms with Crippen LogP contribution in [0, 0.1) is 14.9 Å². The Bertz CT molecular complexity index is 585. The third-order valence-electron chi connectivity index (χ3n) is 6.64. The van der Waals surface area contributed by atoms with Crippen LogP contribution in [0.3, 0.4) is 0 Å². The first-order valence-electron chi connectivity index (χ1n) is 9.96. The van der Waals surface area contributed by atoms with Gasteiger partial charge in [-0.15, -0.1) is 11.3 Å². The number of hydrogen-bond donors (Lipinski definition) is 1. The summed E-state index contributed by atoms with van der Waals surface area (Å²) in [6, 6.07) is 2.10. The van der Waals surface area contributed by atoms with Gasteiger partial charge in [0.2, 0.25) is 0 Å². The fourth-order valence-corrected chi connectivity index (χ4v) is 7.33. The maximum atomic E-state index is 11.4. The van der Waals surface area contributed by atoms with E-state index < -0.39 is 14.4 Å². The fourth-order valence-electron chi connectivity index (χ4n) is 3.78. The Kier molecular flexibility index (Phi) is 7.48. The van der Waals surface area contributed by atoms with E-state index >= 15 is 0 Å². The molecule has 2 unspecified atom stereocenters. The van der Waals surface area contributed by atoms with E-state index in [0.29, 0.717) is 5.92 Å². The van der Waals surface area contributed by atoms with Crippen molar-refractivity contribution in [3.8, 4) is 0 Å². The summed E-state index contributed by atoms with van der Waals surface area (Å²) >= 11 is 4.02. The van der Waals surface area contributed by atoms with Crippen molar-refractivity contribution in [3.63, 3.8) is 0 Å². The predicted molar refractivity (Wildman–Crippen MR) is 124 cm³/mol. The Morgan fingerprint density at radius 1 is 1.15 bits per heavy atom. The minimum Gasteiger partial charge on any atom is -0.413 e. The van der Waals surface area contributed by atoms with Gasteiger partial charge < -0.3 is 9.53 Å². The normalized spacial score (nSPS) is 20.2. The number of hydrogen-bond acceptors (Lipinski definition) is 3. The molecule has 1 N–H and O–H groups in total. The van der Waals surface area contributed by atoms with Crippen LogP contribution in [0.2, 0.25) is 18.1 Å². The lowest BCUT2D eigenvalue weighted by Crippen LogP contribution is -2.52. The summed E-state index contributed by atoms with van der Waals surface area (Å²) in [5, 5.41) is 13.6. The van der Waals surface area contributed by atoms with E-state index in [2.05, 4.69) is 81.8 Å². The van der Waals surface area contributed by atoms with Crippen LogP contribution < -0.4 is 0 Å². The van der Waals surface area contributed by atoms with E-state index in [1.807, 2.05) is 0 Å². The third kappa shape index (κ3) is 4.94. The summed E-state index contributed by atoms with van der Waals surface area (Å²) < 4.78 is 8.22. The molecule has 0 radical (unpaired) electrons. The molecule has 2 nitrogen and oxygen atoms in total. The van der Waals surface area contributed by atoms with Gasteiger partial charge in [0.25, 0.3) is 0 Å². The second-order valence-corrected chi connectivity index (χ2v) is 16.9. The second kappa shape index (κ2) is 8.52. The first kappa shape index (κ1) is 22.9. The Balaban J connectivity index is 2.36. The molecule has 2 rings (SSSR count). The van der Waals surface area contributed by atoms with E-state index in [-0.39, 0.29) is 16.6 Å². The summed E-state index contributed by atoms with van der Waals surface area (Å²) in [6.07, 6.45) is 6.03. The van der Waals surface area contributed by atoms with Gasteiger partial charge >= 0.3 is 0 Å². The van der Waals surface area contributed by atoms with Crippen molar-refractivity contribution in [1.82, 2.24) is 0 Å². The smallest absolute Gasteiger partial charge is 0.192 e. The molecule has 2 atom stereocenters. The zero-order valence-electron chi connectivity index (χ0n) is 17.6. The quantitative estimate of drug-likeness (QED) is 0.321. The van der Waals surface area contributed by atoms with E-state index in [0.717, 1.165) is 4.88 Å². The van der Waals surface area contributed by atoms with E-state index in [1.54, 1.807) is 11.3 Å². The van der Waals surface area contributed by atoms with Gasteiger partial charge in [-0.2, -0.15) is 0 Å². The Morgan fingerprint density at radius 3 is 2.19 bits per heavy atom. The van der Waals surface area contributed by atoms with Crippen molar-refractivity contribution in [2.45, 2.75) is 97.1 Å². The van der Waals surface area contributed by atoms with Crippen LogP contribution >= 0.6 is 33.9 Å². The number of aliphatic hydroxyl groups is 1. The molecule has 0 bridgehead atoms. The van der Waals surface area contributed by atoms with Crippen molar-refractivity contribution in [3.05, 3.63) is 19.9 Å². The van der Waals surface area contributed by atoms with Crippen LogP contribution in [0.1, 0.15) is 77.7 Å². The Morgan fingerprint density at radius 2 is 1.73 bits per heavy atom. The topological polar surface area (TPSA) is 29.5 Å². The highest BCUT2D eigenvalue weighted by Crippen LogP contribution is 2.49. The zero-order chi connectivity index (χ0) is 19.8. The molecule has 0 saturated heterocycles. The van der Waals surface area contributed by atoms with E-state index in [9.17, 15) is 5.11 Å². The monoisotopic (exact) mass is 508 g/mol. The van der Waals surface area contributed by atoms with Gasteiger partial charge in [0, 0.05) is 13.9 Å². The molecule has 1 aromatic rings. The lowest BCUT2D eigenvalue weighted by molar-refractivity contribution is -0.0740. The molecule has 0 spiro atoms. The maximum Gasteiger partial charge on any atom is 0.192 e. The molecule has 0 aromatic carbocycles. The highest BCUT2D eigenvalue weighted by atomic mass is 127. The number of halogens is 1. The van der Waals surface area contributed by atoms with Gasteiger partial charge in [-0.1, -0.05) is 53.9 Å². The number of aliphatic hydroxyl groups excluding tert-OH is 1. The summed E-state index contributed by atoms with van der Waals surface area (Å²) in [4.78, 5) is 1.09. The van der Waals surface area contributed by atoms with Crippen LogP contribution in [-0.4, -0.2) is 19.5 Å². The highest BCUT2D eigenvalue weighted by Gasteiger charge is 2.48. The van der Waals surface area contributed by atoms with Gasteiger partial charge in [-0.25, -0.2) is 0 Å². The Hall–Kier alpha value is 0.567. The molecule has 1 fully saturated rings. The van der Waals surface area contributed by atoms with Crippen LogP contribution in [0.15, 0.2) is 11.4 Å². The van der Waals surface area contributed by atoms with Crippen molar-refractivity contribution < 1.29 is 9.53 Å². The van der Waals surface area contributed by atoms with Crippen molar-refractivity contribution in [2.75, 3.05) is 0 Å². The lowest BCUT2D eigenvalue weighted by Gasteiger charge is -2.49. The van der Waals surface area contributed by atoms with Crippen LogP contribution in [0.5, 0.6) is 0 Å². The molecular weight excluding hydrogens is 471 g/mol. The molecule has 1 heterocycles. The molecule has 0 amide bonds. The molecule has 1 aliphatic rings. The molecule has 1 aromatic heterocycles. The first-order valence-corrected chi connectivity index (χ1v) is 14.8. The van der Waals surface area contributed by atoms with Gasteiger partial charge in [-0.3, -0.25) is 0 Å². The summed E-state index contributed by atoms with van der Waals surface area (Å²) in [7, 11) is -1.92. The van der Waals surface area contributed by atoms with Crippen LogP contribution in [-0.2, 0) is 4.43 Å². The molecule has 5 heteroatoms. The van der Waals surface area contributed by atoms with Crippen molar-refractivity contribution in [2.24, 2.45) is 11.3 Å². The second-order valence-electron chi connectivity index (χ2n) is 10.1. The summed E-state index contributed by atoms with van der Waals surface area (Å²) in [6.45, 7) is 16.1. The fraction of sp³-hybridized carbons (Fsp3) is 0.810. The van der Waals surface area contributed by atoms with Crippen molar-refractivity contribution >= 4 is 42.2 Å². The third-order valence-corrected chi connectivity index (χ3v) is 13.4. The standard InChI is InChI=1S/C21H37IO2SSi/c1-20(2,3)26(6,7)24-19(15-11-9-8-10-12-15)21(4,5)18(23)17-16(22)13-14-25-17/h13-15,18-19,23H,8-12H2,1-7H3. The molecule has 1 saturated carbocycles. The van der Waals surface area contributed by atoms with E-state index in [1.165, 1.54) is 35.7 Å². The number of rotatable bonds is 6. The van der Waals surface area contributed by atoms with Gasteiger partial charge in [0.15, 0.2) is 8.32 Å². The summed E-state index contributed by atoms with van der Waals surface area (Å²) in [5.74, 6) is 0.556. The molecular formula is C21H37IO2SSi. The largest absolute Gasteiger partial charge is 0.413 e. The summed E-state index contributed by atoms with van der Waals surface area (Å²) in [5.41, 5.74) is -0.303. The van der Waals surface area contributed by atoms with Gasteiger partial charge in [0.1, 0.15) is 0 Å². The average Bonchev–Trinajstić information content (AvgIpc) is 2.97. The average molecular weight is 509 g/mol. The Labute approximate surface area is 179 Å². The molecule has 150 valence electrons. The zero-order valence-corrected chi connectivity index (χ0v) is 21.5. The SMILES string of the molecule is CC(C)(C(O)c1sccc1I)C(O[Si](C)(C)C(C)(C)C)C1CCCCC1. The lowest BCUT2D eigenvalue weighted by atomic mass is 9.71. The van der Waals surface area contributed by atoms with Crippen LogP contribution in [0.4, 0.5) is 0 Å². The van der Waals surface area contributed by atoms with Crippen LogP contribution in [0.25, 0.3) is 0 Å². The molecule has 26 heavy (non-hydrogen) atoms.